The zero-order valence-corrected chi connectivity index (χ0v) is 8.93. The van der Waals surface area contributed by atoms with Gasteiger partial charge in [0.25, 0.3) is 5.91 Å². The number of nitrogens with zero attached hydrogens (tertiary/aromatic N) is 1. The van der Waals surface area contributed by atoms with Crippen LogP contribution in [-0.4, -0.2) is 30.6 Å². The van der Waals surface area contributed by atoms with E-state index in [2.05, 4.69) is 5.32 Å². The summed E-state index contributed by atoms with van der Waals surface area (Å²) in [6.07, 6.45) is 0. The summed E-state index contributed by atoms with van der Waals surface area (Å²) in [6, 6.07) is 2.20. The molecule has 1 heterocycles. The van der Waals surface area contributed by atoms with Gasteiger partial charge in [-0.2, -0.15) is 0 Å². The van der Waals surface area contributed by atoms with E-state index in [0.29, 0.717) is 6.61 Å². The molecule has 16 heavy (non-hydrogen) atoms. The molecule has 0 bridgehead atoms. The molecule has 1 aromatic heterocycles. The maximum atomic E-state index is 11.5. The third kappa shape index (κ3) is 3.06. The first-order valence-electron chi connectivity index (χ1n) is 4.58. The number of carbonyl (C=O) groups is 1. The third-order valence-electron chi connectivity index (χ3n) is 1.79. The molecule has 7 nitrogen and oxygen atoms in total. The summed E-state index contributed by atoms with van der Waals surface area (Å²) in [5.74, 6) is -1.04. The Balaban J connectivity index is 2.62. The molecule has 1 rings (SSSR count). The SMILES string of the molecule is COCC(C)NC(=O)c1ccc([N+](=O)[O-])o1. The van der Waals surface area contributed by atoms with Crippen LogP contribution < -0.4 is 5.32 Å². The van der Waals surface area contributed by atoms with Crippen molar-refractivity contribution in [1.29, 1.82) is 0 Å². The molecule has 88 valence electrons. The van der Waals surface area contributed by atoms with Crippen molar-refractivity contribution < 1.29 is 18.9 Å². The summed E-state index contributed by atoms with van der Waals surface area (Å²) in [6.45, 7) is 2.10. The van der Waals surface area contributed by atoms with Crippen LogP contribution in [0.4, 0.5) is 5.88 Å². The number of furan rings is 1. The molecule has 0 saturated heterocycles. The first-order chi connectivity index (χ1) is 7.54. The monoisotopic (exact) mass is 228 g/mol. The van der Waals surface area contributed by atoms with E-state index in [0.717, 1.165) is 6.07 Å². The predicted octanol–water partition coefficient (Wildman–Crippen LogP) is 0.952. The van der Waals surface area contributed by atoms with Crippen LogP contribution in [0.1, 0.15) is 17.5 Å². The van der Waals surface area contributed by atoms with E-state index >= 15 is 0 Å². The van der Waals surface area contributed by atoms with Crippen molar-refractivity contribution in [2.45, 2.75) is 13.0 Å². The van der Waals surface area contributed by atoms with Crippen LogP contribution in [0.5, 0.6) is 0 Å². The van der Waals surface area contributed by atoms with Gasteiger partial charge in [0.15, 0.2) is 5.76 Å². The van der Waals surface area contributed by atoms with Crippen LogP contribution in [0.25, 0.3) is 0 Å². The highest BCUT2D eigenvalue weighted by Gasteiger charge is 2.18. The molecular formula is C9H12N2O5. The number of methoxy groups -OCH3 is 1. The largest absolute Gasteiger partial charge is 0.433 e. The number of hydrogen-bond donors (Lipinski definition) is 1. The minimum Gasteiger partial charge on any atom is -0.395 e. The van der Waals surface area contributed by atoms with E-state index in [1.807, 2.05) is 0 Å². The first-order valence-corrected chi connectivity index (χ1v) is 4.58. The van der Waals surface area contributed by atoms with Crippen LogP contribution in [0, 0.1) is 10.1 Å². The topological polar surface area (TPSA) is 94.6 Å². The van der Waals surface area contributed by atoms with Gasteiger partial charge < -0.3 is 14.5 Å². The van der Waals surface area contributed by atoms with E-state index in [4.69, 9.17) is 9.15 Å². The van der Waals surface area contributed by atoms with Crippen LogP contribution in [0.15, 0.2) is 16.5 Å². The Labute approximate surface area is 91.5 Å². The van der Waals surface area contributed by atoms with Gasteiger partial charge in [0.2, 0.25) is 0 Å². The Kier molecular flexibility index (Phi) is 4.01. The van der Waals surface area contributed by atoms with Crippen molar-refractivity contribution in [1.82, 2.24) is 5.32 Å². The minimum absolute atomic E-state index is 0.0883. The average molecular weight is 228 g/mol. The summed E-state index contributed by atoms with van der Waals surface area (Å²) >= 11 is 0. The standard InChI is InChI=1S/C9H12N2O5/c1-6(5-15-2)10-9(12)7-3-4-8(16-7)11(13)14/h3-4,6H,5H2,1-2H3,(H,10,12). The smallest absolute Gasteiger partial charge is 0.395 e. The van der Waals surface area contributed by atoms with E-state index in [1.165, 1.54) is 13.2 Å². The Morgan fingerprint density at radius 2 is 2.38 bits per heavy atom. The maximum Gasteiger partial charge on any atom is 0.433 e. The van der Waals surface area contributed by atoms with E-state index in [-0.39, 0.29) is 11.8 Å². The fraction of sp³-hybridized carbons (Fsp3) is 0.444. The van der Waals surface area contributed by atoms with Gasteiger partial charge in [-0.15, -0.1) is 0 Å². The number of nitro groups is 1. The number of hydrogen-bond acceptors (Lipinski definition) is 5. The highest BCUT2D eigenvalue weighted by atomic mass is 16.6. The summed E-state index contributed by atoms with van der Waals surface area (Å²) in [5.41, 5.74) is 0. The number of ether oxygens (including phenoxy) is 1. The Bertz CT molecular complexity index is 387. The number of rotatable bonds is 5. The molecule has 0 aromatic carbocycles. The molecule has 1 amide bonds. The second kappa shape index (κ2) is 5.26. The van der Waals surface area contributed by atoms with Gasteiger partial charge in [-0.1, -0.05) is 0 Å². The fourth-order valence-electron chi connectivity index (χ4n) is 1.13. The lowest BCUT2D eigenvalue weighted by Crippen LogP contribution is -2.35. The van der Waals surface area contributed by atoms with Crippen LogP contribution >= 0.6 is 0 Å². The van der Waals surface area contributed by atoms with Crippen LogP contribution in [0.3, 0.4) is 0 Å². The Morgan fingerprint density at radius 3 is 2.88 bits per heavy atom. The lowest BCUT2D eigenvalue weighted by atomic mass is 10.3. The molecule has 0 spiro atoms. The fourth-order valence-corrected chi connectivity index (χ4v) is 1.13. The van der Waals surface area contributed by atoms with Crippen molar-refractivity contribution in [2.75, 3.05) is 13.7 Å². The van der Waals surface area contributed by atoms with E-state index in [1.54, 1.807) is 6.92 Å². The summed E-state index contributed by atoms with van der Waals surface area (Å²) in [5, 5.41) is 12.9. The van der Waals surface area contributed by atoms with Crippen molar-refractivity contribution in [3.63, 3.8) is 0 Å². The molecule has 1 N–H and O–H groups in total. The zero-order valence-electron chi connectivity index (χ0n) is 8.93. The predicted molar refractivity (Wildman–Crippen MR) is 54.2 cm³/mol. The molecule has 1 atom stereocenters. The lowest BCUT2D eigenvalue weighted by Gasteiger charge is -2.10. The van der Waals surface area contributed by atoms with Gasteiger partial charge in [-0.3, -0.25) is 14.9 Å². The molecule has 0 fully saturated rings. The lowest BCUT2D eigenvalue weighted by molar-refractivity contribution is -0.402. The maximum absolute atomic E-state index is 11.5. The average Bonchev–Trinajstić information content (AvgIpc) is 2.66. The van der Waals surface area contributed by atoms with E-state index in [9.17, 15) is 14.9 Å². The van der Waals surface area contributed by atoms with Gasteiger partial charge >= 0.3 is 5.88 Å². The number of amides is 1. The quantitative estimate of drug-likeness (QED) is 0.598. The van der Waals surface area contributed by atoms with Crippen molar-refractivity contribution >= 4 is 11.8 Å². The summed E-state index contributed by atoms with van der Waals surface area (Å²) < 4.78 is 9.56. The first kappa shape index (κ1) is 12.2. The Morgan fingerprint density at radius 1 is 1.69 bits per heavy atom. The molecule has 1 aromatic rings. The van der Waals surface area contributed by atoms with Crippen LogP contribution in [-0.2, 0) is 4.74 Å². The third-order valence-corrected chi connectivity index (χ3v) is 1.79. The second-order valence-electron chi connectivity index (χ2n) is 3.22. The molecule has 0 saturated carbocycles. The highest BCUT2D eigenvalue weighted by molar-refractivity contribution is 5.91. The minimum atomic E-state index is -0.699. The molecule has 0 aliphatic rings. The van der Waals surface area contributed by atoms with Crippen LogP contribution in [0.2, 0.25) is 0 Å². The summed E-state index contributed by atoms with van der Waals surface area (Å²) in [7, 11) is 1.51. The Hall–Kier alpha value is -1.89. The molecule has 1 unspecified atom stereocenters. The second-order valence-corrected chi connectivity index (χ2v) is 3.22. The van der Waals surface area contributed by atoms with Crippen molar-refractivity contribution in [2.24, 2.45) is 0 Å². The number of nitrogens with one attached hydrogen (secondary N) is 1. The highest BCUT2D eigenvalue weighted by Crippen LogP contribution is 2.15. The molecule has 7 heteroatoms. The molecule has 0 radical (unpaired) electrons. The number of carbonyl (C=O) groups excluding carboxylic acids is 1. The summed E-state index contributed by atoms with van der Waals surface area (Å²) in [4.78, 5) is 21.1. The van der Waals surface area contributed by atoms with Gasteiger partial charge in [-0.05, 0) is 13.0 Å². The normalized spacial score (nSPS) is 12.1. The van der Waals surface area contributed by atoms with Crippen molar-refractivity contribution in [3.05, 3.63) is 28.0 Å². The molecule has 0 aliphatic carbocycles. The van der Waals surface area contributed by atoms with Gasteiger partial charge in [0.1, 0.15) is 4.92 Å². The molecular weight excluding hydrogens is 216 g/mol. The zero-order chi connectivity index (χ0) is 12.1. The van der Waals surface area contributed by atoms with Crippen molar-refractivity contribution in [3.8, 4) is 0 Å². The van der Waals surface area contributed by atoms with Gasteiger partial charge in [0, 0.05) is 13.2 Å². The molecule has 0 aliphatic heterocycles. The van der Waals surface area contributed by atoms with Gasteiger partial charge in [-0.25, -0.2) is 0 Å². The van der Waals surface area contributed by atoms with Gasteiger partial charge in [0.05, 0.1) is 12.7 Å². The van der Waals surface area contributed by atoms with E-state index < -0.39 is 16.7 Å².